The molecule has 134 valence electrons. The Bertz CT molecular complexity index is 436. The molecular formula is C18H32O4S. The molecule has 0 bridgehead atoms. The summed E-state index contributed by atoms with van der Waals surface area (Å²) >= 11 is 0. The van der Waals surface area contributed by atoms with Crippen LogP contribution in [-0.2, 0) is 14.6 Å². The van der Waals surface area contributed by atoms with E-state index in [0.717, 1.165) is 44.9 Å². The van der Waals surface area contributed by atoms with Crippen LogP contribution in [0.25, 0.3) is 0 Å². The predicted molar refractivity (Wildman–Crippen MR) is 96.8 cm³/mol. The van der Waals surface area contributed by atoms with Gasteiger partial charge < -0.3 is 0 Å². The van der Waals surface area contributed by atoms with E-state index >= 15 is 0 Å². The van der Waals surface area contributed by atoms with Crippen LogP contribution in [0.15, 0.2) is 36.5 Å². The first-order valence-corrected chi connectivity index (χ1v) is 9.99. The molecule has 0 aliphatic rings. The Morgan fingerprint density at radius 1 is 0.783 bits per heavy atom. The highest BCUT2D eigenvalue weighted by atomic mass is 32.3. The molecule has 0 heterocycles. The van der Waals surface area contributed by atoms with Crippen molar-refractivity contribution in [3.05, 3.63) is 36.5 Å². The Morgan fingerprint density at radius 3 is 1.91 bits per heavy atom. The maximum Gasteiger partial charge on any atom is 0.397 e. The second-order valence-electron chi connectivity index (χ2n) is 5.45. The van der Waals surface area contributed by atoms with Crippen molar-refractivity contribution in [1.82, 2.24) is 0 Å². The van der Waals surface area contributed by atoms with E-state index in [1.54, 1.807) is 0 Å². The van der Waals surface area contributed by atoms with Crippen LogP contribution in [0.4, 0.5) is 0 Å². The first kappa shape index (κ1) is 22.1. The van der Waals surface area contributed by atoms with Gasteiger partial charge in [-0.15, -0.1) is 0 Å². The number of hydrogen-bond acceptors (Lipinski definition) is 3. The minimum atomic E-state index is -4.26. The highest BCUT2D eigenvalue weighted by Crippen LogP contribution is 2.08. The van der Waals surface area contributed by atoms with Gasteiger partial charge in [0.05, 0.1) is 6.61 Å². The average molecular weight is 345 g/mol. The Morgan fingerprint density at radius 2 is 1.30 bits per heavy atom. The Hall–Kier alpha value is -0.910. The molecule has 0 aliphatic heterocycles. The van der Waals surface area contributed by atoms with Gasteiger partial charge in [0, 0.05) is 0 Å². The lowest BCUT2D eigenvalue weighted by Crippen LogP contribution is -2.04. The standard InChI is InChI=1S/C18H32O4S/c1-2-3-4-5-6-7-8-9-10-11-12-13-14-15-16-17-18-22-23(19,20)21/h3-4,6-7,9-10H,2,5,8,11-18H2,1H3,(H,19,20,21). The first-order valence-electron chi connectivity index (χ1n) is 8.63. The van der Waals surface area contributed by atoms with E-state index in [4.69, 9.17) is 4.55 Å². The van der Waals surface area contributed by atoms with Crippen LogP contribution in [0.3, 0.4) is 0 Å². The van der Waals surface area contributed by atoms with Gasteiger partial charge >= 0.3 is 10.4 Å². The van der Waals surface area contributed by atoms with E-state index in [1.807, 2.05) is 0 Å². The van der Waals surface area contributed by atoms with Gasteiger partial charge in [0.2, 0.25) is 0 Å². The SMILES string of the molecule is CCC=CCC=CCC=CCCCCCCCCOS(=O)(=O)O. The van der Waals surface area contributed by atoms with Crippen molar-refractivity contribution in [2.75, 3.05) is 6.61 Å². The summed E-state index contributed by atoms with van der Waals surface area (Å²) in [6.45, 7) is 2.21. The largest absolute Gasteiger partial charge is 0.397 e. The quantitative estimate of drug-likeness (QED) is 0.245. The molecule has 0 aliphatic carbocycles. The van der Waals surface area contributed by atoms with Crippen molar-refractivity contribution in [3.8, 4) is 0 Å². The topological polar surface area (TPSA) is 63.6 Å². The fourth-order valence-electron chi connectivity index (χ4n) is 2.06. The number of unbranched alkanes of at least 4 members (excludes halogenated alkanes) is 6. The lowest BCUT2D eigenvalue weighted by atomic mass is 10.1. The summed E-state index contributed by atoms with van der Waals surface area (Å²) in [5.41, 5.74) is 0. The zero-order valence-electron chi connectivity index (χ0n) is 14.3. The van der Waals surface area contributed by atoms with E-state index in [2.05, 4.69) is 47.6 Å². The lowest BCUT2D eigenvalue weighted by molar-refractivity contribution is 0.261. The maximum absolute atomic E-state index is 10.3. The van der Waals surface area contributed by atoms with Gasteiger partial charge in [-0.1, -0.05) is 69.1 Å². The molecule has 0 rings (SSSR count). The van der Waals surface area contributed by atoms with Crippen molar-refractivity contribution < 1.29 is 17.2 Å². The van der Waals surface area contributed by atoms with Gasteiger partial charge in [0.1, 0.15) is 0 Å². The van der Waals surface area contributed by atoms with Crippen LogP contribution in [0.1, 0.15) is 71.1 Å². The smallest absolute Gasteiger partial charge is 0.264 e. The van der Waals surface area contributed by atoms with Crippen LogP contribution < -0.4 is 0 Å². The molecule has 0 aromatic carbocycles. The van der Waals surface area contributed by atoms with Crippen LogP contribution >= 0.6 is 0 Å². The zero-order chi connectivity index (χ0) is 17.2. The molecule has 0 fully saturated rings. The molecule has 1 N–H and O–H groups in total. The van der Waals surface area contributed by atoms with Crippen LogP contribution in [0.5, 0.6) is 0 Å². The first-order chi connectivity index (χ1) is 11.1. The Kier molecular flexibility index (Phi) is 15.3. The third kappa shape index (κ3) is 21.1. The molecule has 23 heavy (non-hydrogen) atoms. The van der Waals surface area contributed by atoms with E-state index in [-0.39, 0.29) is 6.61 Å². The maximum atomic E-state index is 10.3. The second-order valence-corrected chi connectivity index (χ2v) is 6.54. The second kappa shape index (κ2) is 16.0. The number of rotatable bonds is 15. The van der Waals surface area contributed by atoms with Gasteiger partial charge in [-0.25, -0.2) is 4.18 Å². The minimum Gasteiger partial charge on any atom is -0.264 e. The summed E-state index contributed by atoms with van der Waals surface area (Å²) in [6.07, 6.45) is 23.7. The summed E-state index contributed by atoms with van der Waals surface area (Å²) in [4.78, 5) is 0. The van der Waals surface area contributed by atoms with Gasteiger partial charge in [-0.2, -0.15) is 8.42 Å². The number of hydrogen-bond donors (Lipinski definition) is 1. The highest BCUT2D eigenvalue weighted by Gasteiger charge is 2.02. The van der Waals surface area contributed by atoms with Crippen molar-refractivity contribution in [2.24, 2.45) is 0 Å². The fourth-order valence-corrected chi connectivity index (χ4v) is 2.39. The molecule has 0 aromatic rings. The summed E-state index contributed by atoms with van der Waals surface area (Å²) in [6, 6.07) is 0. The number of allylic oxidation sites excluding steroid dienone is 6. The molecule has 0 spiro atoms. The third-order valence-corrected chi connectivity index (χ3v) is 3.74. The lowest BCUT2D eigenvalue weighted by Gasteiger charge is -2.01. The molecule has 0 amide bonds. The van der Waals surface area contributed by atoms with E-state index < -0.39 is 10.4 Å². The van der Waals surface area contributed by atoms with Gasteiger partial charge in [0.15, 0.2) is 0 Å². The molecule has 5 heteroatoms. The Labute approximate surface area is 142 Å². The Balaban J connectivity index is 3.26. The summed E-state index contributed by atoms with van der Waals surface area (Å²) in [7, 11) is -4.26. The molecular weight excluding hydrogens is 312 g/mol. The molecule has 0 atom stereocenters. The van der Waals surface area contributed by atoms with Gasteiger partial charge in [-0.05, 0) is 38.5 Å². The molecule has 0 radical (unpaired) electrons. The zero-order valence-corrected chi connectivity index (χ0v) is 15.1. The monoisotopic (exact) mass is 344 g/mol. The minimum absolute atomic E-state index is 0.0727. The molecule has 4 nitrogen and oxygen atoms in total. The van der Waals surface area contributed by atoms with Crippen molar-refractivity contribution in [2.45, 2.75) is 71.1 Å². The van der Waals surface area contributed by atoms with Gasteiger partial charge in [0.25, 0.3) is 0 Å². The van der Waals surface area contributed by atoms with Crippen molar-refractivity contribution in [3.63, 3.8) is 0 Å². The average Bonchev–Trinajstić information content (AvgIpc) is 2.49. The van der Waals surface area contributed by atoms with E-state index in [1.165, 1.54) is 12.8 Å². The van der Waals surface area contributed by atoms with Crippen molar-refractivity contribution >= 4 is 10.4 Å². The summed E-state index contributed by atoms with van der Waals surface area (Å²) < 4.78 is 33.3. The van der Waals surface area contributed by atoms with Gasteiger partial charge in [-0.3, -0.25) is 4.55 Å². The highest BCUT2D eigenvalue weighted by molar-refractivity contribution is 7.80. The summed E-state index contributed by atoms with van der Waals surface area (Å²) in [5, 5.41) is 0. The normalized spacial score (nSPS) is 13.0. The molecule has 0 unspecified atom stereocenters. The van der Waals surface area contributed by atoms with Crippen molar-refractivity contribution in [1.29, 1.82) is 0 Å². The molecule has 0 saturated carbocycles. The third-order valence-electron chi connectivity index (χ3n) is 3.28. The fraction of sp³-hybridized carbons (Fsp3) is 0.667. The van der Waals surface area contributed by atoms with Crippen LogP contribution in [0.2, 0.25) is 0 Å². The summed E-state index contributed by atoms with van der Waals surface area (Å²) in [5.74, 6) is 0. The molecule has 0 aromatic heterocycles. The van der Waals surface area contributed by atoms with Crippen LogP contribution in [0, 0.1) is 0 Å². The van der Waals surface area contributed by atoms with E-state index in [9.17, 15) is 8.42 Å². The van der Waals surface area contributed by atoms with Crippen LogP contribution in [-0.4, -0.2) is 19.6 Å². The molecule has 0 saturated heterocycles. The van der Waals surface area contributed by atoms with E-state index in [0.29, 0.717) is 6.42 Å². The predicted octanol–water partition coefficient (Wildman–Crippen LogP) is 5.40.